The van der Waals surface area contributed by atoms with Gasteiger partial charge in [0.05, 0.1) is 0 Å². The molecule has 28 heavy (non-hydrogen) atoms. The molecule has 4 heteroatoms. The Balaban J connectivity index is 1.63. The molecule has 4 aliphatic rings. The second-order valence-electron chi connectivity index (χ2n) is 9.81. The summed E-state index contributed by atoms with van der Waals surface area (Å²) in [5.41, 5.74) is 3.21. The first kappa shape index (κ1) is 19.3. The molecule has 6 atom stereocenters. The summed E-state index contributed by atoms with van der Waals surface area (Å²) in [4.78, 5) is 11.4. The normalized spacial score (nSPS) is 41.5. The zero-order valence-corrected chi connectivity index (χ0v) is 17.3. The number of hydrogen-bond acceptors (Lipinski definition) is 4. The van der Waals surface area contributed by atoms with Crippen LogP contribution in [0.2, 0.25) is 0 Å². The van der Waals surface area contributed by atoms with Gasteiger partial charge < -0.3 is 4.74 Å². The predicted molar refractivity (Wildman–Crippen MR) is 106 cm³/mol. The molecule has 0 bridgehead atoms. The van der Waals surface area contributed by atoms with Crippen LogP contribution in [0.4, 0.5) is 0 Å². The first-order valence-corrected chi connectivity index (χ1v) is 10.7. The Labute approximate surface area is 168 Å². The summed E-state index contributed by atoms with van der Waals surface area (Å²) < 4.78 is 5.52. The van der Waals surface area contributed by atoms with E-state index >= 15 is 0 Å². The Morgan fingerprint density at radius 2 is 1.79 bits per heavy atom. The van der Waals surface area contributed by atoms with Crippen LogP contribution >= 0.6 is 0 Å². The zero-order chi connectivity index (χ0) is 20.1. The predicted octanol–water partition coefficient (Wildman–Crippen LogP) is 5.22. The van der Waals surface area contributed by atoms with Crippen molar-refractivity contribution in [2.24, 2.45) is 28.6 Å². The fourth-order valence-corrected chi connectivity index (χ4v) is 7.35. The topological polar surface area (TPSA) is 73.9 Å². The lowest BCUT2D eigenvalue weighted by Gasteiger charge is -2.57. The Morgan fingerprint density at radius 1 is 1.11 bits per heavy atom. The Bertz CT molecular complexity index is 826. The summed E-state index contributed by atoms with van der Waals surface area (Å²) >= 11 is 0. The fourth-order valence-electron chi connectivity index (χ4n) is 7.35. The van der Waals surface area contributed by atoms with Gasteiger partial charge in [-0.1, -0.05) is 25.5 Å². The van der Waals surface area contributed by atoms with E-state index in [0.29, 0.717) is 23.3 Å². The number of ether oxygens (including phenoxy) is 1. The molecular formula is C24H30N2O2. The third kappa shape index (κ3) is 2.73. The molecule has 4 nitrogen and oxygen atoms in total. The van der Waals surface area contributed by atoms with Crippen molar-refractivity contribution in [3.8, 4) is 12.1 Å². The molecule has 0 aromatic carbocycles. The number of hydrogen-bond donors (Lipinski definition) is 0. The van der Waals surface area contributed by atoms with E-state index in [9.17, 15) is 15.3 Å². The van der Waals surface area contributed by atoms with Crippen LogP contribution < -0.4 is 0 Å². The van der Waals surface area contributed by atoms with Gasteiger partial charge in [0.15, 0.2) is 0 Å². The molecule has 0 heterocycles. The highest BCUT2D eigenvalue weighted by Crippen LogP contribution is 2.66. The Morgan fingerprint density at radius 3 is 2.46 bits per heavy atom. The highest BCUT2D eigenvalue weighted by atomic mass is 16.5. The number of rotatable bonds is 1. The van der Waals surface area contributed by atoms with E-state index in [4.69, 9.17) is 4.74 Å². The fraction of sp³-hybridized carbons (Fsp3) is 0.708. The highest BCUT2D eigenvalue weighted by Gasteiger charge is 2.57. The zero-order valence-electron chi connectivity index (χ0n) is 17.3. The first-order chi connectivity index (χ1) is 13.3. The molecule has 0 N–H and O–H groups in total. The number of nitriles is 2. The van der Waals surface area contributed by atoms with Gasteiger partial charge in [-0.3, -0.25) is 4.79 Å². The molecule has 0 radical (unpaired) electrons. The number of carbonyl (C=O) groups is 1. The molecule has 3 fully saturated rings. The van der Waals surface area contributed by atoms with Crippen molar-refractivity contribution in [3.05, 3.63) is 22.8 Å². The maximum Gasteiger partial charge on any atom is 0.302 e. The van der Waals surface area contributed by atoms with Gasteiger partial charge in [0.2, 0.25) is 0 Å². The highest BCUT2D eigenvalue weighted by molar-refractivity contribution is 5.66. The average Bonchev–Trinajstić information content (AvgIpc) is 3.00. The van der Waals surface area contributed by atoms with Crippen LogP contribution in [0, 0.1) is 51.2 Å². The molecule has 0 saturated heterocycles. The van der Waals surface area contributed by atoms with E-state index in [1.165, 1.54) is 12.5 Å². The quantitative estimate of drug-likeness (QED) is 0.356. The van der Waals surface area contributed by atoms with Crippen molar-refractivity contribution >= 4 is 5.97 Å². The first-order valence-electron chi connectivity index (χ1n) is 10.7. The Hall–Kier alpha value is -2.07. The maximum absolute atomic E-state index is 11.4. The lowest BCUT2D eigenvalue weighted by Crippen LogP contribution is -2.49. The van der Waals surface area contributed by atoms with Crippen molar-refractivity contribution in [1.82, 2.24) is 0 Å². The average molecular weight is 379 g/mol. The molecule has 4 aliphatic carbocycles. The summed E-state index contributed by atoms with van der Waals surface area (Å²) in [6, 6.07) is 4.32. The van der Waals surface area contributed by atoms with Crippen molar-refractivity contribution < 1.29 is 9.53 Å². The lowest BCUT2D eigenvalue weighted by molar-refractivity contribution is -0.148. The van der Waals surface area contributed by atoms with Crippen LogP contribution in [-0.4, -0.2) is 12.1 Å². The second-order valence-corrected chi connectivity index (χ2v) is 9.81. The number of esters is 1. The van der Waals surface area contributed by atoms with Gasteiger partial charge in [-0.15, -0.1) is 0 Å². The minimum Gasteiger partial charge on any atom is -0.462 e. The van der Waals surface area contributed by atoms with E-state index < -0.39 is 0 Å². The molecular weight excluding hydrogens is 348 g/mol. The minimum atomic E-state index is -0.174. The van der Waals surface area contributed by atoms with Crippen LogP contribution in [-0.2, 0) is 9.53 Å². The van der Waals surface area contributed by atoms with E-state index in [0.717, 1.165) is 56.9 Å². The standard InChI is InChI=1S/C24H30N2O2/c1-15(27)28-18-8-10-23(2)17(12-18)4-5-19-21-7-6-20(16(13-25)14-26)24(21,3)11-9-22(19)23/h4,18-19,21-22H,5-12H2,1-3H3/t18-,19-,21-,22-,23-,24+/m0/s1. The lowest BCUT2D eigenvalue weighted by atomic mass is 9.47. The van der Waals surface area contributed by atoms with Gasteiger partial charge in [0.25, 0.3) is 0 Å². The number of carbonyl (C=O) groups excluding carboxylic acids is 1. The maximum atomic E-state index is 11.4. The number of nitrogens with zero attached hydrogens (tertiary/aromatic N) is 2. The van der Waals surface area contributed by atoms with Gasteiger partial charge in [0, 0.05) is 13.3 Å². The summed E-state index contributed by atoms with van der Waals surface area (Å²) in [5.74, 6) is 1.69. The third-order valence-corrected chi connectivity index (χ3v) is 8.70. The molecule has 0 aromatic heterocycles. The molecule has 148 valence electrons. The van der Waals surface area contributed by atoms with Crippen LogP contribution in [0.1, 0.15) is 72.1 Å². The third-order valence-electron chi connectivity index (χ3n) is 8.70. The molecule has 4 rings (SSSR count). The summed E-state index contributed by atoms with van der Waals surface area (Å²) in [6.45, 7) is 6.25. The van der Waals surface area contributed by atoms with Gasteiger partial charge in [0.1, 0.15) is 23.8 Å². The number of allylic oxidation sites excluding steroid dienone is 3. The van der Waals surface area contributed by atoms with Crippen molar-refractivity contribution in [3.63, 3.8) is 0 Å². The van der Waals surface area contributed by atoms with Gasteiger partial charge >= 0.3 is 5.97 Å². The molecule has 3 saturated carbocycles. The van der Waals surface area contributed by atoms with Crippen molar-refractivity contribution in [2.45, 2.75) is 78.2 Å². The second kappa shape index (κ2) is 6.77. The van der Waals surface area contributed by atoms with Crippen LogP contribution in [0.15, 0.2) is 22.8 Å². The van der Waals surface area contributed by atoms with Gasteiger partial charge in [-0.2, -0.15) is 10.5 Å². The van der Waals surface area contributed by atoms with Gasteiger partial charge in [-0.25, -0.2) is 0 Å². The van der Waals surface area contributed by atoms with E-state index in [1.54, 1.807) is 0 Å². The van der Waals surface area contributed by atoms with Gasteiger partial charge in [-0.05, 0) is 79.1 Å². The van der Waals surface area contributed by atoms with Crippen LogP contribution in [0.25, 0.3) is 0 Å². The summed E-state index contributed by atoms with van der Waals surface area (Å²) in [7, 11) is 0. The SMILES string of the molecule is CC(=O)O[C@H]1CC[C@@]2(C)C(=CC[C@@H]3[C@@H]2CC[C@]2(C)C(=C(C#N)C#N)CC[C@@H]32)C1. The Kier molecular flexibility index (Phi) is 4.65. The van der Waals surface area contributed by atoms with E-state index in [1.807, 2.05) is 0 Å². The summed E-state index contributed by atoms with van der Waals surface area (Å²) in [5, 5.41) is 18.9. The van der Waals surface area contributed by atoms with Crippen LogP contribution in [0.5, 0.6) is 0 Å². The molecule has 0 unspecified atom stereocenters. The minimum absolute atomic E-state index is 0.0125. The van der Waals surface area contributed by atoms with E-state index in [-0.39, 0.29) is 22.9 Å². The van der Waals surface area contributed by atoms with E-state index in [2.05, 4.69) is 32.1 Å². The van der Waals surface area contributed by atoms with Crippen molar-refractivity contribution in [2.75, 3.05) is 0 Å². The number of fused-ring (bicyclic) bond motifs is 5. The largest absolute Gasteiger partial charge is 0.462 e. The molecule has 0 aromatic rings. The smallest absolute Gasteiger partial charge is 0.302 e. The molecule has 0 spiro atoms. The monoisotopic (exact) mass is 378 g/mol. The van der Waals surface area contributed by atoms with Crippen LogP contribution in [0.3, 0.4) is 0 Å². The van der Waals surface area contributed by atoms with Crippen molar-refractivity contribution in [1.29, 1.82) is 10.5 Å². The molecule has 0 aliphatic heterocycles. The molecule has 0 amide bonds. The summed E-state index contributed by atoms with van der Waals surface area (Å²) in [6.07, 6.45) is 10.8.